The van der Waals surface area contributed by atoms with Crippen LogP contribution in [-0.2, 0) is 0 Å². The SMILES string of the molecule is [C-]#[N+]c1ccc2c(c1)c1cc(-c3cc4c5ccccc5c(-c5ccc(-c6cccc7cccnc67)cc5)cc4c4ccccc34)ccc1n2-c1ccccc1. The van der Waals surface area contributed by atoms with E-state index in [9.17, 15) is 0 Å². The van der Waals surface area contributed by atoms with E-state index in [0.29, 0.717) is 5.69 Å². The molecule has 2 heterocycles. The average Bonchev–Trinajstić information content (AvgIpc) is 3.59. The van der Waals surface area contributed by atoms with Crippen molar-refractivity contribution < 1.29 is 0 Å². The number of hydrogen-bond donors (Lipinski definition) is 0. The molecule has 0 atom stereocenters. The summed E-state index contributed by atoms with van der Waals surface area (Å²) in [7, 11) is 0. The highest BCUT2D eigenvalue weighted by atomic mass is 15.0. The number of benzene rings is 9. The van der Waals surface area contributed by atoms with Gasteiger partial charge >= 0.3 is 0 Å². The Morgan fingerprint density at radius 2 is 0.964 bits per heavy atom. The van der Waals surface area contributed by atoms with E-state index in [4.69, 9.17) is 11.6 Å². The normalized spacial score (nSPS) is 11.6. The Morgan fingerprint density at radius 3 is 1.65 bits per heavy atom. The predicted octanol–water partition coefficient (Wildman–Crippen LogP) is 14.3. The second kappa shape index (κ2) is 12.3. The lowest BCUT2D eigenvalue weighted by Gasteiger charge is -2.16. The number of rotatable bonds is 4. The summed E-state index contributed by atoms with van der Waals surface area (Å²) in [5.41, 5.74) is 12.0. The zero-order chi connectivity index (χ0) is 36.5. The molecule has 0 fully saturated rings. The van der Waals surface area contributed by atoms with Gasteiger partial charge in [-0.3, -0.25) is 4.98 Å². The first-order valence-electron chi connectivity index (χ1n) is 18.6. The number of aromatic nitrogens is 2. The molecule has 0 saturated carbocycles. The summed E-state index contributed by atoms with van der Waals surface area (Å²) in [5, 5.41) is 10.7. The lowest BCUT2D eigenvalue weighted by molar-refractivity contribution is 1.18. The molecule has 9 aromatic carbocycles. The topological polar surface area (TPSA) is 22.2 Å². The van der Waals surface area contributed by atoms with Gasteiger partial charge in [-0.1, -0.05) is 127 Å². The van der Waals surface area contributed by atoms with Gasteiger partial charge in [-0.25, -0.2) is 4.85 Å². The van der Waals surface area contributed by atoms with Gasteiger partial charge in [0, 0.05) is 28.2 Å². The van der Waals surface area contributed by atoms with Crippen LogP contribution in [0.5, 0.6) is 0 Å². The molecule has 0 unspecified atom stereocenters. The smallest absolute Gasteiger partial charge is 0.188 e. The molecule has 0 aliphatic rings. The molecule has 0 amide bonds. The number of fused-ring (bicyclic) bond motifs is 9. The number of nitrogens with zero attached hydrogens (tertiary/aromatic N) is 3. The summed E-state index contributed by atoms with van der Waals surface area (Å²) in [6.07, 6.45) is 1.87. The first-order chi connectivity index (χ1) is 27.2. The first kappa shape index (κ1) is 31.0. The maximum atomic E-state index is 7.77. The summed E-state index contributed by atoms with van der Waals surface area (Å²) in [5.74, 6) is 0. The van der Waals surface area contributed by atoms with Crippen LogP contribution in [0.25, 0.3) is 109 Å². The highest BCUT2D eigenvalue weighted by Crippen LogP contribution is 2.44. The summed E-state index contributed by atoms with van der Waals surface area (Å²) >= 11 is 0. The Morgan fingerprint density at radius 1 is 0.400 bits per heavy atom. The molecule has 11 rings (SSSR count). The van der Waals surface area contributed by atoms with Crippen LogP contribution in [0.2, 0.25) is 0 Å². The van der Waals surface area contributed by atoms with Crippen LogP contribution in [0.1, 0.15) is 0 Å². The van der Waals surface area contributed by atoms with Crippen molar-refractivity contribution in [1.29, 1.82) is 0 Å². The summed E-state index contributed by atoms with van der Waals surface area (Å²) in [6, 6.07) is 65.2. The van der Waals surface area contributed by atoms with E-state index in [0.717, 1.165) is 55.1 Å². The fourth-order valence-electron chi connectivity index (χ4n) is 8.70. The van der Waals surface area contributed by atoms with Crippen LogP contribution in [-0.4, -0.2) is 9.55 Å². The lowest BCUT2D eigenvalue weighted by Crippen LogP contribution is -1.93. The highest BCUT2D eigenvalue weighted by molar-refractivity contribution is 6.24. The first-order valence-corrected chi connectivity index (χ1v) is 18.6. The minimum atomic E-state index is 0.642. The molecule has 3 nitrogen and oxygen atoms in total. The van der Waals surface area contributed by atoms with Gasteiger partial charge in [0.05, 0.1) is 23.1 Å². The third-order valence-corrected chi connectivity index (χ3v) is 11.2. The molecular formula is C52H31N3. The van der Waals surface area contributed by atoms with Crippen molar-refractivity contribution in [2.24, 2.45) is 0 Å². The Labute approximate surface area is 317 Å². The molecule has 0 saturated heterocycles. The number of para-hydroxylation sites is 2. The Balaban J connectivity index is 1.12. The van der Waals surface area contributed by atoms with Crippen LogP contribution < -0.4 is 0 Å². The van der Waals surface area contributed by atoms with Crippen molar-refractivity contribution >= 4 is 70.7 Å². The van der Waals surface area contributed by atoms with Gasteiger partial charge in [0.1, 0.15) is 0 Å². The minimum absolute atomic E-state index is 0.642. The third kappa shape index (κ3) is 4.86. The van der Waals surface area contributed by atoms with E-state index in [2.05, 4.69) is 167 Å². The van der Waals surface area contributed by atoms with Crippen molar-refractivity contribution in [3.63, 3.8) is 0 Å². The largest absolute Gasteiger partial charge is 0.309 e. The van der Waals surface area contributed by atoms with E-state index in [-0.39, 0.29) is 0 Å². The molecule has 0 spiro atoms. The van der Waals surface area contributed by atoms with E-state index >= 15 is 0 Å². The van der Waals surface area contributed by atoms with Gasteiger partial charge in [-0.2, -0.15) is 0 Å². The quantitative estimate of drug-likeness (QED) is 0.133. The zero-order valence-electron chi connectivity index (χ0n) is 29.7. The maximum Gasteiger partial charge on any atom is 0.188 e. The monoisotopic (exact) mass is 697 g/mol. The van der Waals surface area contributed by atoms with Gasteiger partial charge in [0.15, 0.2) is 5.69 Å². The summed E-state index contributed by atoms with van der Waals surface area (Å²) in [4.78, 5) is 8.50. The second-order valence-corrected chi connectivity index (χ2v) is 14.2. The van der Waals surface area contributed by atoms with Crippen molar-refractivity contribution in [2.45, 2.75) is 0 Å². The molecule has 0 aliphatic carbocycles. The Hall–Kier alpha value is -7.54. The Bertz CT molecular complexity index is 3360. The molecule has 0 aliphatic heterocycles. The summed E-state index contributed by atoms with van der Waals surface area (Å²) in [6.45, 7) is 7.77. The Kier molecular flexibility index (Phi) is 6.92. The maximum absolute atomic E-state index is 7.77. The lowest BCUT2D eigenvalue weighted by atomic mass is 9.87. The van der Waals surface area contributed by atoms with Crippen LogP contribution in [0.15, 0.2) is 188 Å². The molecule has 0 bridgehead atoms. The van der Waals surface area contributed by atoms with Crippen molar-refractivity contribution in [3.8, 4) is 39.1 Å². The van der Waals surface area contributed by atoms with E-state index in [1.165, 1.54) is 49.0 Å². The third-order valence-electron chi connectivity index (χ3n) is 11.2. The van der Waals surface area contributed by atoms with Gasteiger partial charge in [-0.05, 0) is 120 Å². The average molecular weight is 698 g/mol. The number of hydrogen-bond acceptors (Lipinski definition) is 1. The van der Waals surface area contributed by atoms with Crippen LogP contribution >= 0.6 is 0 Å². The van der Waals surface area contributed by atoms with E-state index in [1.54, 1.807) is 0 Å². The molecule has 55 heavy (non-hydrogen) atoms. The molecule has 3 heteroatoms. The van der Waals surface area contributed by atoms with Crippen LogP contribution in [0.4, 0.5) is 5.69 Å². The van der Waals surface area contributed by atoms with Gasteiger partial charge in [-0.15, -0.1) is 0 Å². The second-order valence-electron chi connectivity index (χ2n) is 14.2. The van der Waals surface area contributed by atoms with Crippen LogP contribution in [0, 0.1) is 6.57 Å². The molecule has 11 aromatic rings. The molecule has 2 aromatic heterocycles. The van der Waals surface area contributed by atoms with Crippen molar-refractivity contribution in [1.82, 2.24) is 9.55 Å². The van der Waals surface area contributed by atoms with Crippen molar-refractivity contribution in [2.75, 3.05) is 0 Å². The van der Waals surface area contributed by atoms with E-state index < -0.39 is 0 Å². The molecular weight excluding hydrogens is 667 g/mol. The standard InChI is InChI=1S/C52H31N3/c1-53-37-25-27-51-49(30-37)48-29-36(24-26-50(48)55(51)38-13-3-2-4-14-38)45-32-47-42-17-7-5-15-40(42)44(31-46(47)43-18-8-6-16-41(43)45)34-22-20-33(21-23-34)39-19-9-11-35-12-10-28-54-52(35)39/h2-32H. The van der Waals surface area contributed by atoms with Crippen LogP contribution in [0.3, 0.4) is 0 Å². The van der Waals surface area contributed by atoms with E-state index in [1.807, 2.05) is 30.5 Å². The fraction of sp³-hybridized carbons (Fsp3) is 0. The molecule has 0 N–H and O–H groups in total. The molecule has 254 valence electrons. The molecule has 0 radical (unpaired) electrons. The van der Waals surface area contributed by atoms with Gasteiger partial charge < -0.3 is 4.57 Å². The summed E-state index contributed by atoms with van der Waals surface area (Å²) < 4.78 is 2.31. The van der Waals surface area contributed by atoms with Gasteiger partial charge in [0.2, 0.25) is 0 Å². The van der Waals surface area contributed by atoms with Crippen molar-refractivity contribution in [3.05, 3.63) is 200 Å². The minimum Gasteiger partial charge on any atom is -0.309 e. The van der Waals surface area contributed by atoms with Gasteiger partial charge in [0.25, 0.3) is 0 Å². The highest BCUT2D eigenvalue weighted by Gasteiger charge is 2.18. The fourth-order valence-corrected chi connectivity index (χ4v) is 8.70. The zero-order valence-corrected chi connectivity index (χ0v) is 29.7. The predicted molar refractivity (Wildman–Crippen MR) is 231 cm³/mol. The number of pyridine rings is 1.